The molecule has 0 aromatic heterocycles. The van der Waals surface area contributed by atoms with E-state index in [4.69, 9.17) is 16.3 Å². The zero-order valence-electron chi connectivity index (χ0n) is 11.4. The molecular weight excluding hydrogens is 312 g/mol. The van der Waals surface area contributed by atoms with Gasteiger partial charge < -0.3 is 9.84 Å². The van der Waals surface area contributed by atoms with Crippen LogP contribution in [0.5, 0.6) is 5.75 Å². The number of halogens is 1. The first-order valence-electron chi connectivity index (χ1n) is 6.23. The highest BCUT2D eigenvalue weighted by atomic mass is 35.5. The standard InChI is InChI=1S/C15H15ClO4S/c1-20-15-5-3-2-4-13(15)14(17)10-21(18,19)12-8-6-11(16)7-9-12/h2-9,14,17H,10H2,1H3. The Labute approximate surface area is 128 Å². The minimum absolute atomic E-state index is 0.126. The number of aliphatic hydroxyl groups is 1. The lowest BCUT2D eigenvalue weighted by atomic mass is 10.1. The molecule has 2 rings (SSSR count). The van der Waals surface area contributed by atoms with E-state index in [1.54, 1.807) is 24.3 Å². The van der Waals surface area contributed by atoms with Crippen molar-refractivity contribution >= 4 is 21.4 Å². The molecule has 1 N–H and O–H groups in total. The number of para-hydroxylation sites is 1. The van der Waals surface area contributed by atoms with Crippen LogP contribution in [-0.4, -0.2) is 26.4 Å². The van der Waals surface area contributed by atoms with Crippen molar-refractivity contribution in [2.24, 2.45) is 0 Å². The Morgan fingerprint density at radius 1 is 1.14 bits per heavy atom. The summed E-state index contributed by atoms with van der Waals surface area (Å²) in [6.45, 7) is 0. The predicted molar refractivity (Wildman–Crippen MR) is 81.5 cm³/mol. The number of benzene rings is 2. The zero-order chi connectivity index (χ0) is 15.5. The molecule has 1 atom stereocenters. The summed E-state index contributed by atoms with van der Waals surface area (Å²) in [4.78, 5) is 0.126. The monoisotopic (exact) mass is 326 g/mol. The first-order chi connectivity index (χ1) is 9.94. The SMILES string of the molecule is COc1ccccc1C(O)CS(=O)(=O)c1ccc(Cl)cc1. The smallest absolute Gasteiger partial charge is 0.181 e. The van der Waals surface area contributed by atoms with Gasteiger partial charge in [-0.15, -0.1) is 0 Å². The van der Waals surface area contributed by atoms with Crippen LogP contribution < -0.4 is 4.74 Å². The van der Waals surface area contributed by atoms with Gasteiger partial charge in [0.25, 0.3) is 0 Å². The summed E-state index contributed by atoms with van der Waals surface area (Å²) in [7, 11) is -2.14. The van der Waals surface area contributed by atoms with Crippen molar-refractivity contribution in [2.45, 2.75) is 11.0 Å². The van der Waals surface area contributed by atoms with Gasteiger partial charge in [-0.2, -0.15) is 0 Å². The maximum Gasteiger partial charge on any atom is 0.181 e. The van der Waals surface area contributed by atoms with Crippen LogP contribution in [0.4, 0.5) is 0 Å². The zero-order valence-corrected chi connectivity index (χ0v) is 12.9. The molecule has 2 aromatic rings. The molecule has 1 unspecified atom stereocenters. The van der Waals surface area contributed by atoms with E-state index in [9.17, 15) is 13.5 Å². The van der Waals surface area contributed by atoms with E-state index in [0.717, 1.165) is 0 Å². The Morgan fingerprint density at radius 2 is 1.76 bits per heavy atom. The third kappa shape index (κ3) is 3.75. The number of aliphatic hydroxyl groups excluding tert-OH is 1. The lowest BCUT2D eigenvalue weighted by Crippen LogP contribution is -2.15. The van der Waals surface area contributed by atoms with E-state index in [2.05, 4.69) is 0 Å². The van der Waals surface area contributed by atoms with Crippen molar-refractivity contribution < 1.29 is 18.3 Å². The molecular formula is C15H15ClO4S. The molecule has 0 aliphatic carbocycles. The summed E-state index contributed by atoms with van der Waals surface area (Å²) in [5, 5.41) is 10.7. The fourth-order valence-corrected chi connectivity index (χ4v) is 3.44. The molecule has 0 radical (unpaired) electrons. The van der Waals surface area contributed by atoms with Crippen LogP contribution in [-0.2, 0) is 9.84 Å². The van der Waals surface area contributed by atoms with Crippen molar-refractivity contribution in [2.75, 3.05) is 12.9 Å². The van der Waals surface area contributed by atoms with Crippen molar-refractivity contribution in [3.8, 4) is 5.75 Å². The van der Waals surface area contributed by atoms with E-state index in [-0.39, 0.29) is 4.90 Å². The van der Waals surface area contributed by atoms with Gasteiger partial charge in [0, 0.05) is 10.6 Å². The van der Waals surface area contributed by atoms with E-state index < -0.39 is 21.7 Å². The summed E-state index contributed by atoms with van der Waals surface area (Å²) in [5.41, 5.74) is 0.442. The Kier molecular flexibility index (Phi) is 4.88. The lowest BCUT2D eigenvalue weighted by Gasteiger charge is -2.15. The van der Waals surface area contributed by atoms with Crippen molar-refractivity contribution in [3.05, 3.63) is 59.1 Å². The highest BCUT2D eigenvalue weighted by Crippen LogP contribution is 2.27. The number of ether oxygens (including phenoxy) is 1. The number of rotatable bonds is 5. The molecule has 112 valence electrons. The van der Waals surface area contributed by atoms with Crippen LogP contribution >= 0.6 is 11.6 Å². The highest BCUT2D eigenvalue weighted by molar-refractivity contribution is 7.91. The molecule has 0 amide bonds. The van der Waals surface area contributed by atoms with Gasteiger partial charge in [0.15, 0.2) is 9.84 Å². The molecule has 0 heterocycles. The minimum Gasteiger partial charge on any atom is -0.496 e. The van der Waals surface area contributed by atoms with E-state index in [1.807, 2.05) is 0 Å². The fourth-order valence-electron chi connectivity index (χ4n) is 1.98. The molecule has 0 aliphatic rings. The fraction of sp³-hybridized carbons (Fsp3) is 0.200. The van der Waals surface area contributed by atoms with Gasteiger partial charge in [0.1, 0.15) is 5.75 Å². The lowest BCUT2D eigenvalue weighted by molar-refractivity contribution is 0.196. The highest BCUT2D eigenvalue weighted by Gasteiger charge is 2.23. The van der Waals surface area contributed by atoms with E-state index >= 15 is 0 Å². The number of hydrogen-bond donors (Lipinski definition) is 1. The van der Waals surface area contributed by atoms with Gasteiger partial charge in [0.2, 0.25) is 0 Å². The Morgan fingerprint density at radius 3 is 2.38 bits per heavy atom. The van der Waals surface area contributed by atoms with Crippen LogP contribution in [0.1, 0.15) is 11.7 Å². The van der Waals surface area contributed by atoms with Crippen LogP contribution in [0.25, 0.3) is 0 Å². The molecule has 0 fully saturated rings. The third-order valence-electron chi connectivity index (χ3n) is 3.05. The quantitative estimate of drug-likeness (QED) is 0.917. The molecule has 0 aliphatic heterocycles. The van der Waals surface area contributed by atoms with Crippen LogP contribution in [0.3, 0.4) is 0 Å². The molecule has 2 aromatic carbocycles. The average molecular weight is 327 g/mol. The largest absolute Gasteiger partial charge is 0.496 e. The maximum absolute atomic E-state index is 12.3. The van der Waals surface area contributed by atoms with Crippen LogP contribution in [0.15, 0.2) is 53.4 Å². The molecule has 0 saturated carbocycles. The van der Waals surface area contributed by atoms with Crippen LogP contribution in [0, 0.1) is 0 Å². The summed E-state index contributed by atoms with van der Waals surface area (Å²) >= 11 is 5.74. The topological polar surface area (TPSA) is 63.6 Å². The summed E-state index contributed by atoms with van der Waals surface area (Å²) in [6.07, 6.45) is -1.16. The minimum atomic E-state index is -3.61. The molecule has 4 nitrogen and oxygen atoms in total. The first-order valence-corrected chi connectivity index (χ1v) is 8.26. The second kappa shape index (κ2) is 6.47. The van der Waals surface area contributed by atoms with Crippen molar-refractivity contribution in [1.29, 1.82) is 0 Å². The third-order valence-corrected chi connectivity index (χ3v) is 5.04. The number of hydrogen-bond acceptors (Lipinski definition) is 4. The molecule has 0 bridgehead atoms. The second-order valence-corrected chi connectivity index (χ2v) is 6.96. The summed E-state index contributed by atoms with van der Waals surface area (Å²) in [5.74, 6) is 0.0333. The van der Waals surface area contributed by atoms with E-state index in [0.29, 0.717) is 16.3 Å². The molecule has 0 spiro atoms. The van der Waals surface area contributed by atoms with E-state index in [1.165, 1.54) is 31.4 Å². The van der Waals surface area contributed by atoms with Gasteiger partial charge in [-0.05, 0) is 30.3 Å². The van der Waals surface area contributed by atoms with Gasteiger partial charge in [-0.3, -0.25) is 0 Å². The summed E-state index contributed by atoms with van der Waals surface area (Å²) in [6, 6.07) is 12.6. The van der Waals surface area contributed by atoms with Gasteiger partial charge in [0.05, 0.1) is 23.9 Å². The average Bonchev–Trinajstić information content (AvgIpc) is 2.47. The maximum atomic E-state index is 12.3. The van der Waals surface area contributed by atoms with Crippen molar-refractivity contribution in [3.63, 3.8) is 0 Å². The predicted octanol–water partition coefficient (Wildman–Crippen LogP) is 2.86. The molecule has 6 heteroatoms. The molecule has 21 heavy (non-hydrogen) atoms. The number of methoxy groups -OCH3 is 1. The first kappa shape index (κ1) is 15.8. The van der Waals surface area contributed by atoms with Crippen molar-refractivity contribution in [1.82, 2.24) is 0 Å². The normalized spacial score (nSPS) is 12.9. The Hall–Kier alpha value is -1.56. The van der Waals surface area contributed by atoms with Gasteiger partial charge in [-0.1, -0.05) is 29.8 Å². The molecule has 0 saturated heterocycles. The Bertz CT molecular complexity index is 711. The van der Waals surface area contributed by atoms with Gasteiger partial charge >= 0.3 is 0 Å². The number of sulfone groups is 1. The Balaban J connectivity index is 2.25. The summed E-state index contributed by atoms with van der Waals surface area (Å²) < 4.78 is 29.7. The second-order valence-electron chi connectivity index (χ2n) is 4.49. The van der Waals surface area contributed by atoms with Gasteiger partial charge in [-0.25, -0.2) is 8.42 Å². The van der Waals surface area contributed by atoms with Crippen LogP contribution in [0.2, 0.25) is 5.02 Å².